The van der Waals surface area contributed by atoms with E-state index in [-0.39, 0.29) is 191 Å². The zero-order valence-corrected chi connectivity index (χ0v) is 21.9. The third kappa shape index (κ3) is 153. The van der Waals surface area contributed by atoms with Crippen LogP contribution < -0.4 is 216 Å². The zero-order valence-electron chi connectivity index (χ0n) is 8.80. The predicted molar refractivity (Wildman–Crippen MR) is 13.0 cm³/mol. The molecule has 56 valence electrons. The Morgan fingerprint density at radius 3 is 0.857 bits per heavy atom. The molecule has 0 saturated carbocycles. The molecule has 0 amide bonds. The summed E-state index contributed by atoms with van der Waals surface area (Å²) in [6.45, 7) is 0. The summed E-state index contributed by atoms with van der Waals surface area (Å²) < 4.78 is 8.55. The molecule has 0 aliphatic rings. The molecule has 0 aliphatic carbocycles. The van der Waals surface area contributed by atoms with Crippen molar-refractivity contribution >= 4 is 14.0 Å². The molecule has 0 N–H and O–H groups in total. The molecule has 7 nitrogen and oxygen atoms in total. The summed E-state index contributed by atoms with van der Waals surface area (Å²) in [4.78, 5) is 34.0. The Hall–Kier alpha value is 5.65. The van der Waals surface area contributed by atoms with Gasteiger partial charge in [0.15, 0.2) is 0 Å². The summed E-state index contributed by atoms with van der Waals surface area (Å²) in [6, 6.07) is 0. The van der Waals surface area contributed by atoms with Gasteiger partial charge in [0.1, 0.15) is 0 Å². The van der Waals surface area contributed by atoms with Crippen molar-refractivity contribution in [2.75, 3.05) is 0 Å². The number of phosphoric acid groups is 1. The van der Waals surface area contributed by atoms with Crippen LogP contribution in [0.1, 0.15) is 0 Å². The van der Waals surface area contributed by atoms with Gasteiger partial charge >= 0.3 is 191 Å². The van der Waals surface area contributed by atoms with Crippen molar-refractivity contribution in [1.29, 1.82) is 0 Å². The monoisotopic (exact) mass is 302 g/mol. The Morgan fingerprint density at radius 1 is 0.857 bits per heavy atom. The Labute approximate surface area is 233 Å². The normalized spacial score (nSPS) is 5.93. The summed E-state index contributed by atoms with van der Waals surface area (Å²) >= 11 is 0. The van der Waals surface area contributed by atoms with Crippen molar-refractivity contribution in [2.45, 2.75) is 0 Å². The van der Waals surface area contributed by atoms with Crippen molar-refractivity contribution in [1.82, 2.24) is 0 Å². The van der Waals surface area contributed by atoms with Gasteiger partial charge in [-0.3, -0.25) is 0 Å². The average Bonchev–Trinajstić information content (AvgIpc) is 1.19. The fourth-order valence-electron chi connectivity index (χ4n) is 0. The topological polar surface area (TPSA) is 149 Å². The van der Waals surface area contributed by atoms with Crippen molar-refractivity contribution in [3.8, 4) is 0 Å². The summed E-state index contributed by atoms with van der Waals surface area (Å²) in [5.74, 6) is 0. The van der Waals surface area contributed by atoms with Gasteiger partial charge in [0.2, 0.25) is 0 Å². The van der Waals surface area contributed by atoms with E-state index in [2.05, 4.69) is 0 Å². The molecule has 14 heavy (non-hydrogen) atoms. The number of hydrogen-bond acceptors (Lipinski definition) is 7. The van der Waals surface area contributed by atoms with Gasteiger partial charge < -0.3 is 34.3 Å². The number of hydrogen-bond donors (Lipinski definition) is 0. The molecular formula is CK2Na3O7P. The minimum absolute atomic E-state index is 0. The quantitative estimate of drug-likeness (QED) is 0.318. The summed E-state index contributed by atoms with van der Waals surface area (Å²) in [5.41, 5.74) is 0. The summed E-state index contributed by atoms with van der Waals surface area (Å²) in [5, 5.41) is 16.7. The Morgan fingerprint density at radius 2 is 0.857 bits per heavy atom. The van der Waals surface area contributed by atoms with Crippen LogP contribution in [-0.2, 0) is 4.57 Å². The fourth-order valence-corrected chi connectivity index (χ4v) is 0. The van der Waals surface area contributed by atoms with Crippen molar-refractivity contribution in [3.63, 3.8) is 0 Å². The molecule has 0 aromatic heterocycles. The fraction of sp³-hybridized carbons (Fsp3) is 0. The number of carbonyl (C=O) groups is 1. The van der Waals surface area contributed by atoms with Crippen LogP contribution in [0.2, 0.25) is 0 Å². The molecule has 0 rings (SSSR count). The number of carbonyl (C=O) groups excluding carboxylic acids is 1. The van der Waals surface area contributed by atoms with Crippen molar-refractivity contribution in [3.05, 3.63) is 0 Å². The molecule has 0 aromatic rings. The van der Waals surface area contributed by atoms with E-state index in [1.165, 1.54) is 0 Å². The van der Waals surface area contributed by atoms with Crippen LogP contribution in [0.15, 0.2) is 0 Å². The summed E-state index contributed by atoms with van der Waals surface area (Å²) in [7, 11) is -5.39. The third-order valence-electron chi connectivity index (χ3n) is 0. The van der Waals surface area contributed by atoms with E-state index in [9.17, 15) is 0 Å². The van der Waals surface area contributed by atoms with Crippen LogP contribution in [0.4, 0.5) is 4.79 Å². The van der Waals surface area contributed by atoms with Crippen LogP contribution in [0, 0.1) is 0 Å². The Bertz CT molecular complexity index is 127. The molecule has 0 fully saturated rings. The SMILES string of the molecule is O=C([O-])[O-].O=P([O-])([O-])[O-].[K+].[K+].[Na+].[Na+].[Na+]. The average molecular weight is 302 g/mol. The van der Waals surface area contributed by atoms with Crippen molar-refractivity contribution in [2.24, 2.45) is 0 Å². The number of rotatable bonds is 0. The first-order valence-electron chi connectivity index (χ1n) is 1.34. The molecule has 0 aromatic carbocycles. The van der Waals surface area contributed by atoms with E-state index in [0.29, 0.717) is 0 Å². The number of carboxylic acid groups (broad SMARTS) is 2. The van der Waals surface area contributed by atoms with Crippen LogP contribution in [0.5, 0.6) is 0 Å². The molecule has 0 saturated heterocycles. The molecule has 13 heteroatoms. The maximum absolute atomic E-state index is 8.55. The Balaban J connectivity index is -0.0000000104. The molecule has 0 atom stereocenters. The van der Waals surface area contributed by atoms with Gasteiger partial charge in [0.05, 0.1) is 0 Å². The molecule has 0 spiro atoms. The van der Waals surface area contributed by atoms with E-state index in [1.807, 2.05) is 0 Å². The molecule has 0 aliphatic heterocycles. The third-order valence-corrected chi connectivity index (χ3v) is 0. The van der Waals surface area contributed by atoms with E-state index >= 15 is 0 Å². The molecule has 0 heterocycles. The molecule has 0 unspecified atom stereocenters. The minimum atomic E-state index is -5.39. The van der Waals surface area contributed by atoms with E-state index in [0.717, 1.165) is 0 Å². The maximum atomic E-state index is 8.55. The van der Waals surface area contributed by atoms with Gasteiger partial charge in [-0.15, -0.1) is 0 Å². The van der Waals surface area contributed by atoms with Gasteiger partial charge in [-0.05, 0) is 6.16 Å². The van der Waals surface area contributed by atoms with E-state index in [4.69, 9.17) is 34.3 Å². The van der Waals surface area contributed by atoms with E-state index < -0.39 is 14.0 Å². The zero-order chi connectivity index (χ0) is 8.08. The molecule has 0 bridgehead atoms. The van der Waals surface area contributed by atoms with Crippen LogP contribution in [-0.4, -0.2) is 6.16 Å². The second-order valence-corrected chi connectivity index (χ2v) is 1.59. The van der Waals surface area contributed by atoms with E-state index in [1.54, 1.807) is 0 Å². The second kappa shape index (κ2) is 27.1. The van der Waals surface area contributed by atoms with Crippen LogP contribution >= 0.6 is 7.82 Å². The first kappa shape index (κ1) is 42.7. The standard InChI is InChI=1S/CH2O3.2K.3Na.H3O4P/c2-1(3)4;;;;;;1-5(2,3)4/h(H2,2,3,4);;;;;;(H3,1,2,3,4)/q;5*+1;/p-5. The van der Waals surface area contributed by atoms with Gasteiger partial charge in [0, 0.05) is 0 Å². The van der Waals surface area contributed by atoms with Gasteiger partial charge in [-0.1, -0.05) is 0 Å². The van der Waals surface area contributed by atoms with Gasteiger partial charge in [-0.2, -0.15) is 7.82 Å². The first-order valence-corrected chi connectivity index (χ1v) is 2.80. The van der Waals surface area contributed by atoms with Gasteiger partial charge in [0.25, 0.3) is 0 Å². The van der Waals surface area contributed by atoms with Crippen LogP contribution in [0.25, 0.3) is 0 Å². The maximum Gasteiger partial charge on any atom is 1.00 e. The summed E-state index contributed by atoms with van der Waals surface area (Å²) in [6.07, 6.45) is -2.33. The first-order chi connectivity index (χ1) is 3.73. The largest absolute Gasteiger partial charge is 1.00 e. The molecule has 0 radical (unpaired) electrons. The Kier molecular flexibility index (Phi) is 82.6. The minimum Gasteiger partial charge on any atom is -0.822 e. The smallest absolute Gasteiger partial charge is 0.822 e. The van der Waals surface area contributed by atoms with Crippen molar-refractivity contribution < 1.29 is 226 Å². The molecular weight excluding hydrogens is 302 g/mol. The second-order valence-electron chi connectivity index (χ2n) is 0.697. The predicted octanol–water partition coefficient (Wildman–Crippen LogP) is -20.3. The van der Waals surface area contributed by atoms with Crippen LogP contribution in [0.3, 0.4) is 0 Å². The van der Waals surface area contributed by atoms with Gasteiger partial charge in [-0.25, -0.2) is 0 Å².